The van der Waals surface area contributed by atoms with Gasteiger partial charge in [-0.15, -0.1) is 0 Å². The fourth-order valence-corrected chi connectivity index (χ4v) is 4.00. The molecule has 1 aliphatic heterocycles. The van der Waals surface area contributed by atoms with Crippen molar-refractivity contribution in [2.75, 3.05) is 0 Å². The molecule has 1 aliphatic rings. The molecule has 0 saturated heterocycles. The molecule has 0 aliphatic carbocycles. The third-order valence-electron chi connectivity index (χ3n) is 5.63. The number of benzene rings is 2. The highest BCUT2D eigenvalue weighted by atomic mass is 16.1. The Kier molecular flexibility index (Phi) is 5.66. The molecule has 0 bridgehead atoms. The number of nitrogens with one attached hydrogen (secondary N) is 1. The van der Waals surface area contributed by atoms with Gasteiger partial charge in [-0.2, -0.15) is 5.10 Å². The number of amides is 1. The maximum absolute atomic E-state index is 12.5. The Morgan fingerprint density at radius 3 is 2.56 bits per heavy atom. The summed E-state index contributed by atoms with van der Waals surface area (Å²) in [5.74, 6) is 0.972. The molecule has 2 aromatic carbocycles. The molecule has 0 unspecified atom stereocenters. The number of aromatic nitrogens is 4. The van der Waals surface area contributed by atoms with Crippen LogP contribution in [-0.2, 0) is 24.3 Å². The molecule has 1 amide bonds. The first-order valence-electron chi connectivity index (χ1n) is 11.0. The Hall–Kier alpha value is -3.93. The summed E-state index contributed by atoms with van der Waals surface area (Å²) in [6.07, 6.45) is 10.8. The lowest BCUT2D eigenvalue weighted by atomic mass is 10.1. The van der Waals surface area contributed by atoms with Gasteiger partial charge in [-0.05, 0) is 31.1 Å². The number of rotatable bonds is 6. The minimum absolute atomic E-state index is 0.151. The zero-order chi connectivity index (χ0) is 21.8. The number of imidazole rings is 1. The highest BCUT2D eigenvalue weighted by molar-refractivity contribution is 5.92. The van der Waals surface area contributed by atoms with E-state index in [1.54, 1.807) is 6.08 Å². The summed E-state index contributed by atoms with van der Waals surface area (Å²) in [5.41, 5.74) is 4.60. The topological polar surface area (TPSA) is 64.7 Å². The third kappa shape index (κ3) is 4.39. The SMILES string of the molecule is O=C(/C=C/c1cn(-c2ccccc2)nc1-c1ccccc1)NCc1cn2c(n1)CCCC2. The van der Waals surface area contributed by atoms with Crippen molar-refractivity contribution in [1.82, 2.24) is 24.6 Å². The Bertz CT molecular complexity index is 1210. The fourth-order valence-electron chi connectivity index (χ4n) is 4.00. The zero-order valence-corrected chi connectivity index (χ0v) is 17.8. The van der Waals surface area contributed by atoms with Crippen molar-refractivity contribution in [1.29, 1.82) is 0 Å². The first-order chi connectivity index (χ1) is 15.8. The van der Waals surface area contributed by atoms with Crippen LogP contribution in [0.4, 0.5) is 0 Å². The Labute approximate surface area is 187 Å². The fraction of sp³-hybridized carbons (Fsp3) is 0.192. The van der Waals surface area contributed by atoms with Crippen LogP contribution < -0.4 is 5.32 Å². The van der Waals surface area contributed by atoms with E-state index >= 15 is 0 Å². The molecule has 4 aromatic rings. The van der Waals surface area contributed by atoms with Crippen LogP contribution in [0.1, 0.15) is 29.9 Å². The molecule has 0 atom stereocenters. The molecule has 6 heteroatoms. The lowest BCUT2D eigenvalue weighted by Crippen LogP contribution is -2.20. The summed E-state index contributed by atoms with van der Waals surface area (Å²) in [5, 5.41) is 7.73. The lowest BCUT2D eigenvalue weighted by Gasteiger charge is -2.11. The molecular formula is C26H25N5O. The van der Waals surface area contributed by atoms with Gasteiger partial charge in [0.25, 0.3) is 0 Å². The number of para-hydroxylation sites is 1. The minimum Gasteiger partial charge on any atom is -0.347 e. The maximum atomic E-state index is 12.5. The van der Waals surface area contributed by atoms with Gasteiger partial charge in [0.2, 0.25) is 5.91 Å². The first kappa shape index (κ1) is 20.0. The van der Waals surface area contributed by atoms with Crippen LogP contribution in [0, 0.1) is 0 Å². The van der Waals surface area contributed by atoms with Crippen LogP contribution in [0.5, 0.6) is 0 Å². The van der Waals surface area contributed by atoms with Crippen molar-refractivity contribution in [3.63, 3.8) is 0 Å². The van der Waals surface area contributed by atoms with Gasteiger partial charge in [-0.1, -0.05) is 48.5 Å². The molecule has 0 spiro atoms. The summed E-state index contributed by atoms with van der Waals surface area (Å²) >= 11 is 0. The normalized spacial score (nSPS) is 13.2. The molecule has 3 heterocycles. The number of hydrogen-bond donors (Lipinski definition) is 1. The highest BCUT2D eigenvalue weighted by Crippen LogP contribution is 2.24. The predicted octanol–water partition coefficient (Wildman–Crippen LogP) is 4.40. The first-order valence-corrected chi connectivity index (χ1v) is 11.0. The van der Waals surface area contributed by atoms with Gasteiger partial charge in [-0.25, -0.2) is 9.67 Å². The van der Waals surface area contributed by atoms with Gasteiger partial charge in [0.15, 0.2) is 0 Å². The number of hydrogen-bond acceptors (Lipinski definition) is 3. The average molecular weight is 424 g/mol. The standard InChI is InChI=1S/C26H25N5O/c32-25(27-17-22-19-30-16-8-7-13-24(30)28-22)15-14-21-18-31(23-11-5-2-6-12-23)29-26(21)20-9-3-1-4-10-20/h1-6,9-12,14-15,18-19H,7-8,13,16-17H2,(H,27,32)/b15-14+. The van der Waals surface area contributed by atoms with E-state index in [2.05, 4.69) is 21.1 Å². The second-order valence-corrected chi connectivity index (χ2v) is 7.93. The molecule has 0 fully saturated rings. The van der Waals surface area contributed by atoms with Gasteiger partial charge in [0.1, 0.15) is 5.82 Å². The molecule has 2 aromatic heterocycles. The molecule has 5 rings (SSSR count). The van der Waals surface area contributed by atoms with E-state index in [0.29, 0.717) is 6.54 Å². The van der Waals surface area contributed by atoms with Crippen molar-refractivity contribution in [2.24, 2.45) is 0 Å². The van der Waals surface area contributed by atoms with E-state index in [4.69, 9.17) is 5.10 Å². The lowest BCUT2D eigenvalue weighted by molar-refractivity contribution is -0.116. The third-order valence-corrected chi connectivity index (χ3v) is 5.63. The van der Waals surface area contributed by atoms with Crippen LogP contribution in [-0.4, -0.2) is 25.2 Å². The highest BCUT2D eigenvalue weighted by Gasteiger charge is 2.13. The average Bonchev–Trinajstić information content (AvgIpc) is 3.47. The molecule has 0 radical (unpaired) electrons. The number of nitrogens with zero attached hydrogens (tertiary/aromatic N) is 4. The number of aryl methyl sites for hydroxylation is 2. The van der Waals surface area contributed by atoms with E-state index in [1.807, 2.05) is 77.6 Å². The van der Waals surface area contributed by atoms with Crippen LogP contribution in [0.2, 0.25) is 0 Å². The van der Waals surface area contributed by atoms with Gasteiger partial charge in [0.05, 0.1) is 23.6 Å². The van der Waals surface area contributed by atoms with Crippen molar-refractivity contribution < 1.29 is 4.79 Å². The van der Waals surface area contributed by atoms with Crippen LogP contribution >= 0.6 is 0 Å². The van der Waals surface area contributed by atoms with Gasteiger partial charge in [-0.3, -0.25) is 4.79 Å². The van der Waals surface area contributed by atoms with Gasteiger partial charge in [0, 0.05) is 42.6 Å². The molecular weight excluding hydrogens is 398 g/mol. The molecule has 32 heavy (non-hydrogen) atoms. The van der Waals surface area contributed by atoms with Crippen LogP contribution in [0.15, 0.2) is 79.1 Å². The second kappa shape index (κ2) is 9.06. The van der Waals surface area contributed by atoms with E-state index in [1.165, 1.54) is 12.8 Å². The Balaban J connectivity index is 1.33. The summed E-state index contributed by atoms with van der Waals surface area (Å²) in [4.78, 5) is 17.1. The number of carbonyl (C=O) groups is 1. The Morgan fingerprint density at radius 2 is 1.78 bits per heavy atom. The Morgan fingerprint density at radius 1 is 1.00 bits per heavy atom. The van der Waals surface area contributed by atoms with E-state index in [9.17, 15) is 4.79 Å². The molecule has 1 N–H and O–H groups in total. The van der Waals surface area contributed by atoms with Crippen molar-refractivity contribution in [3.8, 4) is 16.9 Å². The monoisotopic (exact) mass is 423 g/mol. The van der Waals surface area contributed by atoms with E-state index in [-0.39, 0.29) is 5.91 Å². The zero-order valence-electron chi connectivity index (χ0n) is 17.8. The van der Waals surface area contributed by atoms with Crippen molar-refractivity contribution in [2.45, 2.75) is 32.4 Å². The summed E-state index contributed by atoms with van der Waals surface area (Å²) in [7, 11) is 0. The smallest absolute Gasteiger partial charge is 0.244 e. The van der Waals surface area contributed by atoms with Gasteiger partial charge < -0.3 is 9.88 Å². The van der Waals surface area contributed by atoms with Crippen LogP contribution in [0.3, 0.4) is 0 Å². The maximum Gasteiger partial charge on any atom is 0.244 e. The molecule has 6 nitrogen and oxygen atoms in total. The largest absolute Gasteiger partial charge is 0.347 e. The van der Waals surface area contributed by atoms with Crippen molar-refractivity contribution >= 4 is 12.0 Å². The minimum atomic E-state index is -0.151. The van der Waals surface area contributed by atoms with Crippen LogP contribution in [0.25, 0.3) is 23.0 Å². The molecule has 160 valence electrons. The number of carbonyl (C=O) groups excluding carboxylic acids is 1. The second-order valence-electron chi connectivity index (χ2n) is 7.93. The van der Waals surface area contributed by atoms with Gasteiger partial charge >= 0.3 is 0 Å². The summed E-state index contributed by atoms with van der Waals surface area (Å²) in [6, 6.07) is 20.0. The molecule has 0 saturated carbocycles. The number of fused-ring (bicyclic) bond motifs is 1. The summed E-state index contributed by atoms with van der Waals surface area (Å²) < 4.78 is 4.04. The predicted molar refractivity (Wildman–Crippen MR) is 125 cm³/mol. The quantitative estimate of drug-likeness (QED) is 0.468. The van der Waals surface area contributed by atoms with Crippen molar-refractivity contribution in [3.05, 3.63) is 96.2 Å². The summed E-state index contributed by atoms with van der Waals surface area (Å²) in [6.45, 7) is 1.45. The van der Waals surface area contributed by atoms with E-state index in [0.717, 1.165) is 47.0 Å². The van der Waals surface area contributed by atoms with E-state index < -0.39 is 0 Å².